The van der Waals surface area contributed by atoms with Crippen LogP contribution in [0.4, 0.5) is 4.39 Å². The van der Waals surface area contributed by atoms with Crippen molar-refractivity contribution < 1.29 is 4.39 Å². The van der Waals surface area contributed by atoms with E-state index in [2.05, 4.69) is 28.2 Å². The molecule has 2 rings (SSSR count). The van der Waals surface area contributed by atoms with Gasteiger partial charge in [-0.15, -0.1) is 0 Å². The molecule has 1 N–H and O–H groups in total. The van der Waals surface area contributed by atoms with Crippen LogP contribution in [-0.2, 0) is 0 Å². The van der Waals surface area contributed by atoms with E-state index >= 15 is 0 Å². The Balaban J connectivity index is 2.16. The van der Waals surface area contributed by atoms with Gasteiger partial charge in [-0.2, -0.15) is 11.8 Å². The van der Waals surface area contributed by atoms with E-state index < -0.39 is 0 Å². The van der Waals surface area contributed by atoms with Crippen LogP contribution in [-0.4, -0.2) is 18.1 Å². The standard InChI is InChI=1S/C12H15BrFNS/c1-8-5-15-12(7-16-6-8)10-3-2-9(14)4-11(10)13/h2-4,8,12,15H,5-7H2,1H3. The lowest BCUT2D eigenvalue weighted by atomic mass is 10.1. The van der Waals surface area contributed by atoms with Gasteiger partial charge < -0.3 is 5.32 Å². The van der Waals surface area contributed by atoms with E-state index in [1.54, 1.807) is 0 Å². The first-order valence-electron chi connectivity index (χ1n) is 5.43. The first-order valence-corrected chi connectivity index (χ1v) is 7.37. The van der Waals surface area contributed by atoms with E-state index in [-0.39, 0.29) is 5.82 Å². The van der Waals surface area contributed by atoms with Gasteiger partial charge >= 0.3 is 0 Å². The van der Waals surface area contributed by atoms with Crippen LogP contribution in [0, 0.1) is 11.7 Å². The minimum Gasteiger partial charge on any atom is -0.309 e. The molecule has 1 aromatic carbocycles. The quantitative estimate of drug-likeness (QED) is 0.851. The van der Waals surface area contributed by atoms with Crippen molar-refractivity contribution in [3.63, 3.8) is 0 Å². The summed E-state index contributed by atoms with van der Waals surface area (Å²) in [5.74, 6) is 2.76. The number of hydrogen-bond donors (Lipinski definition) is 1. The number of nitrogens with one attached hydrogen (secondary N) is 1. The Bertz CT molecular complexity index is 372. The largest absolute Gasteiger partial charge is 0.309 e. The summed E-state index contributed by atoms with van der Waals surface area (Å²) in [6.07, 6.45) is 0. The number of rotatable bonds is 1. The van der Waals surface area contributed by atoms with Gasteiger partial charge in [-0.1, -0.05) is 28.9 Å². The van der Waals surface area contributed by atoms with E-state index in [1.807, 2.05) is 17.8 Å². The highest BCUT2D eigenvalue weighted by Gasteiger charge is 2.19. The molecule has 4 heteroatoms. The first kappa shape index (κ1) is 12.4. The maximum atomic E-state index is 13.0. The van der Waals surface area contributed by atoms with Crippen molar-refractivity contribution in [2.45, 2.75) is 13.0 Å². The second-order valence-electron chi connectivity index (χ2n) is 4.27. The van der Waals surface area contributed by atoms with Gasteiger partial charge in [0.1, 0.15) is 5.82 Å². The second kappa shape index (κ2) is 5.52. The molecule has 1 aliphatic heterocycles. The molecule has 0 spiro atoms. The Morgan fingerprint density at radius 1 is 1.44 bits per heavy atom. The molecular formula is C12H15BrFNS. The molecule has 0 bridgehead atoms. The van der Waals surface area contributed by atoms with Gasteiger partial charge in [0, 0.05) is 16.3 Å². The van der Waals surface area contributed by atoms with Gasteiger partial charge in [0.25, 0.3) is 0 Å². The molecular weight excluding hydrogens is 289 g/mol. The number of benzene rings is 1. The summed E-state index contributed by atoms with van der Waals surface area (Å²) in [6.45, 7) is 3.28. The fourth-order valence-corrected chi connectivity index (χ4v) is 3.65. The summed E-state index contributed by atoms with van der Waals surface area (Å²) in [7, 11) is 0. The maximum Gasteiger partial charge on any atom is 0.124 e. The SMILES string of the molecule is CC1CNC(c2ccc(F)cc2Br)CSC1. The van der Waals surface area contributed by atoms with E-state index in [0.29, 0.717) is 12.0 Å². The average Bonchev–Trinajstić information content (AvgIpc) is 2.43. The highest BCUT2D eigenvalue weighted by molar-refractivity contribution is 9.10. The highest BCUT2D eigenvalue weighted by atomic mass is 79.9. The van der Waals surface area contributed by atoms with E-state index in [4.69, 9.17) is 0 Å². The third kappa shape index (κ3) is 2.99. The lowest BCUT2D eigenvalue weighted by molar-refractivity contribution is 0.515. The van der Waals surface area contributed by atoms with Crippen LogP contribution in [0.3, 0.4) is 0 Å². The van der Waals surface area contributed by atoms with Crippen molar-refractivity contribution in [3.05, 3.63) is 34.1 Å². The van der Waals surface area contributed by atoms with E-state index in [1.165, 1.54) is 17.9 Å². The molecule has 1 aromatic rings. The van der Waals surface area contributed by atoms with Crippen LogP contribution in [0.5, 0.6) is 0 Å². The molecule has 1 aliphatic rings. The Hall–Kier alpha value is -0.0600. The number of halogens is 2. The Kier molecular flexibility index (Phi) is 4.27. The zero-order chi connectivity index (χ0) is 11.5. The molecule has 16 heavy (non-hydrogen) atoms. The van der Waals surface area contributed by atoms with Gasteiger partial charge in [0.2, 0.25) is 0 Å². The van der Waals surface area contributed by atoms with Crippen LogP contribution >= 0.6 is 27.7 Å². The topological polar surface area (TPSA) is 12.0 Å². The normalized spacial score (nSPS) is 26.4. The smallest absolute Gasteiger partial charge is 0.124 e. The third-order valence-electron chi connectivity index (χ3n) is 2.74. The van der Waals surface area contributed by atoms with Crippen molar-refractivity contribution >= 4 is 27.7 Å². The minimum atomic E-state index is -0.190. The van der Waals surface area contributed by atoms with Crippen molar-refractivity contribution in [3.8, 4) is 0 Å². The molecule has 0 aromatic heterocycles. The minimum absolute atomic E-state index is 0.190. The van der Waals surface area contributed by atoms with Gasteiger partial charge in [0.05, 0.1) is 0 Å². The maximum absolute atomic E-state index is 13.0. The summed E-state index contributed by atoms with van der Waals surface area (Å²) in [4.78, 5) is 0. The van der Waals surface area contributed by atoms with Gasteiger partial charge in [-0.3, -0.25) is 0 Å². The van der Waals surface area contributed by atoms with Crippen LogP contribution in [0.25, 0.3) is 0 Å². The van der Waals surface area contributed by atoms with Gasteiger partial charge in [0.15, 0.2) is 0 Å². The summed E-state index contributed by atoms with van der Waals surface area (Å²) in [5.41, 5.74) is 1.16. The molecule has 1 saturated heterocycles. The molecule has 0 saturated carbocycles. The van der Waals surface area contributed by atoms with Crippen LogP contribution in [0.2, 0.25) is 0 Å². The van der Waals surface area contributed by atoms with E-state index in [9.17, 15) is 4.39 Å². The lowest BCUT2D eigenvalue weighted by Crippen LogP contribution is -2.25. The number of thioether (sulfide) groups is 1. The Morgan fingerprint density at radius 3 is 3.00 bits per heavy atom. The predicted octanol–water partition coefficient (Wildman–Crippen LogP) is 3.60. The monoisotopic (exact) mass is 303 g/mol. The highest BCUT2D eigenvalue weighted by Crippen LogP contribution is 2.29. The zero-order valence-corrected chi connectivity index (χ0v) is 11.6. The van der Waals surface area contributed by atoms with Crippen molar-refractivity contribution in [1.29, 1.82) is 0 Å². The number of hydrogen-bond acceptors (Lipinski definition) is 2. The third-order valence-corrected chi connectivity index (χ3v) is 4.80. The van der Waals surface area contributed by atoms with Crippen molar-refractivity contribution in [2.75, 3.05) is 18.1 Å². The lowest BCUT2D eigenvalue weighted by Gasteiger charge is -2.17. The molecule has 0 radical (unpaired) electrons. The molecule has 1 nitrogen and oxygen atoms in total. The molecule has 1 heterocycles. The fraction of sp³-hybridized carbons (Fsp3) is 0.500. The van der Waals surface area contributed by atoms with Crippen molar-refractivity contribution in [2.24, 2.45) is 5.92 Å². The molecule has 0 aliphatic carbocycles. The average molecular weight is 304 g/mol. The first-order chi connectivity index (χ1) is 7.66. The summed E-state index contributed by atoms with van der Waals surface area (Å²) < 4.78 is 13.9. The van der Waals surface area contributed by atoms with Crippen LogP contribution in [0.15, 0.2) is 22.7 Å². The fourth-order valence-electron chi connectivity index (χ4n) is 1.83. The molecule has 88 valence electrons. The predicted molar refractivity (Wildman–Crippen MR) is 71.3 cm³/mol. The summed E-state index contributed by atoms with van der Waals surface area (Å²) in [5, 5.41) is 3.53. The summed E-state index contributed by atoms with van der Waals surface area (Å²) >= 11 is 5.40. The Labute approximate surface area is 108 Å². The van der Waals surface area contributed by atoms with E-state index in [0.717, 1.165) is 22.3 Å². The van der Waals surface area contributed by atoms with Crippen LogP contribution in [0.1, 0.15) is 18.5 Å². The second-order valence-corrected chi connectivity index (χ2v) is 6.20. The molecule has 1 fully saturated rings. The zero-order valence-electron chi connectivity index (χ0n) is 9.17. The molecule has 0 amide bonds. The molecule has 2 atom stereocenters. The van der Waals surface area contributed by atoms with Gasteiger partial charge in [-0.25, -0.2) is 4.39 Å². The van der Waals surface area contributed by atoms with Crippen molar-refractivity contribution in [1.82, 2.24) is 5.32 Å². The van der Waals surface area contributed by atoms with Crippen LogP contribution < -0.4 is 5.32 Å². The molecule has 2 unspecified atom stereocenters. The van der Waals surface area contributed by atoms with Gasteiger partial charge in [-0.05, 0) is 35.9 Å². The Morgan fingerprint density at radius 2 is 2.25 bits per heavy atom. The summed E-state index contributed by atoms with van der Waals surface area (Å²) in [6, 6.07) is 5.26.